The Balaban J connectivity index is 2.49. The van der Waals surface area contributed by atoms with Crippen LogP contribution in [0.15, 0.2) is 35.4 Å². The molecule has 0 saturated carbocycles. The monoisotopic (exact) mass is 331 g/mol. The van der Waals surface area contributed by atoms with Crippen LogP contribution in [-0.4, -0.2) is 34.2 Å². The molecule has 0 radical (unpaired) electrons. The standard InChI is InChI=1S/C16H17N3O3S/c1-3-22-16(21)13-10(2)18-14(11-7-5-4-6-8-11)19-15(13)23-9-12(17)20/h4-8H,3,9H2,1-2H3,(H2,17,20). The molecule has 1 heterocycles. The summed E-state index contributed by atoms with van der Waals surface area (Å²) < 4.78 is 5.05. The van der Waals surface area contributed by atoms with Crippen molar-refractivity contribution in [3.8, 4) is 11.4 Å². The summed E-state index contributed by atoms with van der Waals surface area (Å²) in [5.74, 6) is -0.473. The van der Waals surface area contributed by atoms with Crippen LogP contribution in [0.3, 0.4) is 0 Å². The molecule has 0 saturated heterocycles. The number of primary amides is 1. The van der Waals surface area contributed by atoms with Crippen molar-refractivity contribution >= 4 is 23.6 Å². The lowest BCUT2D eigenvalue weighted by molar-refractivity contribution is -0.115. The van der Waals surface area contributed by atoms with Crippen molar-refractivity contribution < 1.29 is 14.3 Å². The third kappa shape index (κ3) is 4.29. The van der Waals surface area contributed by atoms with E-state index in [0.717, 1.165) is 17.3 Å². The number of thioether (sulfide) groups is 1. The molecule has 7 heteroatoms. The Morgan fingerprint density at radius 3 is 2.52 bits per heavy atom. The number of hydrogen-bond donors (Lipinski definition) is 1. The SMILES string of the molecule is CCOC(=O)c1c(C)nc(-c2ccccc2)nc1SCC(N)=O. The average Bonchev–Trinajstić information content (AvgIpc) is 2.53. The first kappa shape index (κ1) is 17.0. The molecule has 6 nitrogen and oxygen atoms in total. The van der Waals surface area contributed by atoms with Crippen LogP contribution in [0.1, 0.15) is 23.0 Å². The Hall–Kier alpha value is -2.41. The summed E-state index contributed by atoms with van der Waals surface area (Å²) in [5, 5.41) is 0.397. The topological polar surface area (TPSA) is 95.2 Å². The third-order valence-electron chi connectivity index (χ3n) is 2.92. The van der Waals surface area contributed by atoms with Crippen molar-refractivity contribution in [2.75, 3.05) is 12.4 Å². The molecule has 2 aromatic rings. The van der Waals surface area contributed by atoms with E-state index in [0.29, 0.717) is 16.5 Å². The lowest BCUT2D eigenvalue weighted by Crippen LogP contribution is -2.16. The minimum absolute atomic E-state index is 0.0249. The molecule has 0 unspecified atom stereocenters. The number of hydrogen-bond acceptors (Lipinski definition) is 6. The number of nitrogens with zero attached hydrogens (tertiary/aromatic N) is 2. The number of carbonyl (C=O) groups excluding carboxylic acids is 2. The van der Waals surface area contributed by atoms with Crippen LogP contribution in [0.25, 0.3) is 11.4 Å². The minimum atomic E-state index is -0.503. The lowest BCUT2D eigenvalue weighted by atomic mass is 10.2. The fourth-order valence-corrected chi connectivity index (χ4v) is 2.75. The summed E-state index contributed by atoms with van der Waals surface area (Å²) in [5.41, 5.74) is 6.80. The molecule has 0 bridgehead atoms. The zero-order valence-electron chi connectivity index (χ0n) is 12.9. The molecule has 2 rings (SSSR count). The highest BCUT2D eigenvalue weighted by atomic mass is 32.2. The number of aromatic nitrogens is 2. The van der Waals surface area contributed by atoms with Crippen LogP contribution in [0.2, 0.25) is 0 Å². The molecule has 1 aromatic heterocycles. The third-order valence-corrected chi connectivity index (χ3v) is 3.92. The van der Waals surface area contributed by atoms with Crippen LogP contribution >= 0.6 is 11.8 Å². The summed E-state index contributed by atoms with van der Waals surface area (Å²) in [6, 6.07) is 9.40. The van der Waals surface area contributed by atoms with Gasteiger partial charge >= 0.3 is 5.97 Å². The zero-order valence-corrected chi connectivity index (χ0v) is 13.7. The highest BCUT2D eigenvalue weighted by Gasteiger charge is 2.21. The first-order chi connectivity index (χ1) is 11.0. The molecule has 0 aliphatic carbocycles. The lowest BCUT2D eigenvalue weighted by Gasteiger charge is -2.12. The Labute approximate surface area is 138 Å². The molecule has 0 spiro atoms. The molecule has 0 aliphatic rings. The molecular formula is C16H17N3O3S. The average molecular weight is 331 g/mol. The fourth-order valence-electron chi connectivity index (χ4n) is 1.95. The van der Waals surface area contributed by atoms with Crippen LogP contribution < -0.4 is 5.73 Å². The number of carbonyl (C=O) groups is 2. The van der Waals surface area contributed by atoms with E-state index in [2.05, 4.69) is 9.97 Å². The van der Waals surface area contributed by atoms with Gasteiger partial charge in [-0.2, -0.15) is 0 Å². The van der Waals surface area contributed by atoms with Crippen molar-refractivity contribution in [2.24, 2.45) is 5.73 Å². The molecule has 2 N–H and O–H groups in total. The molecule has 0 aliphatic heterocycles. The molecule has 120 valence electrons. The van der Waals surface area contributed by atoms with Gasteiger partial charge in [-0.25, -0.2) is 14.8 Å². The van der Waals surface area contributed by atoms with Crippen LogP contribution in [0, 0.1) is 6.92 Å². The van der Waals surface area contributed by atoms with E-state index in [-0.39, 0.29) is 17.9 Å². The van der Waals surface area contributed by atoms with Crippen LogP contribution in [0.5, 0.6) is 0 Å². The van der Waals surface area contributed by atoms with E-state index < -0.39 is 11.9 Å². The molecule has 1 amide bonds. The highest BCUT2D eigenvalue weighted by molar-refractivity contribution is 8.00. The second kappa shape index (κ2) is 7.73. The number of rotatable bonds is 6. The smallest absolute Gasteiger partial charge is 0.342 e. The summed E-state index contributed by atoms with van der Waals surface area (Å²) in [4.78, 5) is 32.0. The van der Waals surface area contributed by atoms with E-state index in [1.54, 1.807) is 13.8 Å². The van der Waals surface area contributed by atoms with Crippen LogP contribution in [0.4, 0.5) is 0 Å². The number of aryl methyl sites for hydroxylation is 1. The maximum absolute atomic E-state index is 12.1. The summed E-state index contributed by atoms with van der Waals surface area (Å²) >= 11 is 1.11. The predicted molar refractivity (Wildman–Crippen MR) is 88.1 cm³/mol. The molecule has 1 aromatic carbocycles. The van der Waals surface area contributed by atoms with Gasteiger partial charge in [0.05, 0.1) is 18.1 Å². The number of esters is 1. The van der Waals surface area contributed by atoms with Gasteiger partial charge in [0.2, 0.25) is 5.91 Å². The van der Waals surface area contributed by atoms with Crippen molar-refractivity contribution in [1.82, 2.24) is 9.97 Å². The predicted octanol–water partition coefficient (Wildman–Crippen LogP) is 2.21. The Kier molecular flexibility index (Phi) is 5.70. The number of benzene rings is 1. The van der Waals surface area contributed by atoms with Gasteiger partial charge in [-0.3, -0.25) is 4.79 Å². The molecule has 23 heavy (non-hydrogen) atoms. The second-order valence-corrected chi connectivity index (χ2v) is 5.62. The number of ether oxygens (including phenoxy) is 1. The van der Waals surface area contributed by atoms with Gasteiger partial charge in [0.1, 0.15) is 10.6 Å². The first-order valence-corrected chi connectivity index (χ1v) is 8.03. The van der Waals surface area contributed by atoms with E-state index in [9.17, 15) is 9.59 Å². The molecule has 0 fully saturated rings. The molecule has 0 atom stereocenters. The van der Waals surface area contributed by atoms with Crippen molar-refractivity contribution in [1.29, 1.82) is 0 Å². The highest BCUT2D eigenvalue weighted by Crippen LogP contribution is 2.26. The normalized spacial score (nSPS) is 10.3. The zero-order chi connectivity index (χ0) is 16.8. The van der Waals surface area contributed by atoms with E-state index >= 15 is 0 Å². The molecular weight excluding hydrogens is 314 g/mol. The van der Waals surface area contributed by atoms with Gasteiger partial charge in [-0.15, -0.1) is 0 Å². The van der Waals surface area contributed by atoms with Crippen molar-refractivity contribution in [3.05, 3.63) is 41.6 Å². The van der Waals surface area contributed by atoms with Crippen molar-refractivity contribution in [2.45, 2.75) is 18.9 Å². The number of amides is 1. The van der Waals surface area contributed by atoms with Gasteiger partial charge in [0.15, 0.2) is 5.82 Å². The second-order valence-electron chi connectivity index (χ2n) is 4.65. The summed E-state index contributed by atoms with van der Waals surface area (Å²) in [6.07, 6.45) is 0. The summed E-state index contributed by atoms with van der Waals surface area (Å²) in [7, 11) is 0. The van der Waals surface area contributed by atoms with Gasteiger partial charge in [-0.05, 0) is 13.8 Å². The quantitative estimate of drug-likeness (QED) is 0.495. The maximum atomic E-state index is 12.1. The Morgan fingerprint density at radius 1 is 1.22 bits per heavy atom. The van der Waals surface area contributed by atoms with Gasteiger partial charge in [0.25, 0.3) is 0 Å². The van der Waals surface area contributed by atoms with E-state index in [1.807, 2.05) is 30.3 Å². The largest absolute Gasteiger partial charge is 0.462 e. The van der Waals surface area contributed by atoms with Gasteiger partial charge in [-0.1, -0.05) is 42.1 Å². The summed E-state index contributed by atoms with van der Waals surface area (Å²) in [6.45, 7) is 3.69. The minimum Gasteiger partial charge on any atom is -0.462 e. The van der Waals surface area contributed by atoms with Gasteiger partial charge in [0, 0.05) is 5.56 Å². The van der Waals surface area contributed by atoms with Crippen LogP contribution in [-0.2, 0) is 9.53 Å². The first-order valence-electron chi connectivity index (χ1n) is 7.05. The number of nitrogens with two attached hydrogens (primary N) is 1. The Bertz CT molecular complexity index is 720. The Morgan fingerprint density at radius 2 is 1.91 bits per heavy atom. The van der Waals surface area contributed by atoms with Crippen molar-refractivity contribution in [3.63, 3.8) is 0 Å². The van der Waals surface area contributed by atoms with Gasteiger partial charge < -0.3 is 10.5 Å². The van der Waals surface area contributed by atoms with E-state index in [4.69, 9.17) is 10.5 Å². The maximum Gasteiger partial charge on any atom is 0.342 e. The van der Waals surface area contributed by atoms with E-state index in [1.165, 1.54) is 0 Å². The fraction of sp³-hybridized carbons (Fsp3) is 0.250.